The van der Waals surface area contributed by atoms with E-state index in [-0.39, 0.29) is 29.6 Å². The van der Waals surface area contributed by atoms with E-state index in [9.17, 15) is 14.7 Å². The number of esters is 1. The maximum absolute atomic E-state index is 12.3. The number of benzene rings is 1. The van der Waals surface area contributed by atoms with Gasteiger partial charge in [0.05, 0.1) is 0 Å². The van der Waals surface area contributed by atoms with Gasteiger partial charge in [0.1, 0.15) is 17.4 Å². The zero-order valence-electron chi connectivity index (χ0n) is 12.6. The monoisotopic (exact) mass is 300 g/mol. The van der Waals surface area contributed by atoms with Crippen molar-refractivity contribution in [3.8, 4) is 5.75 Å². The number of ketones is 1. The molecule has 116 valence electrons. The first-order valence-corrected chi connectivity index (χ1v) is 7.44. The van der Waals surface area contributed by atoms with Crippen LogP contribution in [-0.2, 0) is 16.0 Å². The van der Waals surface area contributed by atoms with E-state index in [1.165, 1.54) is 12.1 Å². The van der Waals surface area contributed by atoms with Gasteiger partial charge in [0.2, 0.25) is 0 Å². The van der Waals surface area contributed by atoms with Gasteiger partial charge in [-0.25, -0.2) is 4.79 Å². The van der Waals surface area contributed by atoms with Crippen LogP contribution in [0.3, 0.4) is 0 Å². The zero-order chi connectivity index (χ0) is 15.9. The average molecular weight is 300 g/mol. The fourth-order valence-corrected chi connectivity index (χ4v) is 2.32. The minimum absolute atomic E-state index is 0.0690. The highest BCUT2D eigenvalue weighted by Crippen LogP contribution is 2.24. The van der Waals surface area contributed by atoms with Gasteiger partial charge in [0, 0.05) is 12.8 Å². The molecule has 4 heteroatoms. The van der Waals surface area contributed by atoms with E-state index >= 15 is 0 Å². The van der Waals surface area contributed by atoms with E-state index < -0.39 is 5.97 Å². The number of hydrogen-bond acceptors (Lipinski definition) is 4. The molecule has 0 bridgehead atoms. The summed E-state index contributed by atoms with van der Waals surface area (Å²) in [4.78, 5) is 24.2. The number of carbonyl (C=O) groups excluding carboxylic acids is 2. The number of allylic oxidation sites excluding steroid dienone is 3. The van der Waals surface area contributed by atoms with Crippen LogP contribution in [0.5, 0.6) is 5.75 Å². The molecule has 0 unspecified atom stereocenters. The summed E-state index contributed by atoms with van der Waals surface area (Å²) in [5.41, 5.74) is 0.566. The number of fused-ring (bicyclic) bond motifs is 1. The molecule has 0 radical (unpaired) electrons. The Labute approximate surface area is 130 Å². The predicted molar refractivity (Wildman–Crippen MR) is 83.8 cm³/mol. The first-order chi connectivity index (χ1) is 10.6. The largest absolute Gasteiger partial charge is 0.507 e. The van der Waals surface area contributed by atoms with E-state index in [0.717, 1.165) is 12.8 Å². The first-order valence-electron chi connectivity index (χ1n) is 7.44. The topological polar surface area (TPSA) is 63.6 Å². The van der Waals surface area contributed by atoms with Gasteiger partial charge in [0.15, 0.2) is 5.78 Å². The number of rotatable bonds is 0. The SMILES string of the molecule is C[C@H]1C/C=C\CC/C=C\C(=O)Cc2cccc(O)c2C(=O)O1. The number of aromatic hydroxyl groups is 1. The van der Waals surface area contributed by atoms with Crippen LogP contribution in [0.25, 0.3) is 0 Å². The first kappa shape index (κ1) is 16.0. The van der Waals surface area contributed by atoms with Crippen molar-refractivity contribution in [2.45, 2.75) is 38.7 Å². The second-order valence-electron chi connectivity index (χ2n) is 5.36. The van der Waals surface area contributed by atoms with Gasteiger partial charge in [-0.3, -0.25) is 4.79 Å². The third kappa shape index (κ3) is 4.32. The second kappa shape index (κ2) is 7.59. The second-order valence-corrected chi connectivity index (χ2v) is 5.36. The molecule has 1 aliphatic heterocycles. The van der Waals surface area contributed by atoms with Gasteiger partial charge in [-0.2, -0.15) is 0 Å². The number of cyclic esters (lactones) is 1. The number of phenols is 1. The van der Waals surface area contributed by atoms with Crippen molar-refractivity contribution >= 4 is 11.8 Å². The quantitative estimate of drug-likeness (QED) is 0.589. The highest BCUT2D eigenvalue weighted by Gasteiger charge is 2.20. The summed E-state index contributed by atoms with van der Waals surface area (Å²) >= 11 is 0. The lowest BCUT2D eigenvalue weighted by Crippen LogP contribution is -2.17. The molecule has 0 aliphatic carbocycles. The third-order valence-electron chi connectivity index (χ3n) is 3.44. The number of hydrogen-bond donors (Lipinski definition) is 1. The minimum atomic E-state index is -0.595. The van der Waals surface area contributed by atoms with E-state index in [0.29, 0.717) is 12.0 Å². The Bertz CT molecular complexity index is 614. The summed E-state index contributed by atoms with van der Waals surface area (Å²) in [6.45, 7) is 1.80. The van der Waals surface area contributed by atoms with Crippen molar-refractivity contribution in [1.82, 2.24) is 0 Å². The van der Waals surface area contributed by atoms with Crippen LogP contribution < -0.4 is 0 Å². The highest BCUT2D eigenvalue weighted by atomic mass is 16.5. The van der Waals surface area contributed by atoms with E-state index in [4.69, 9.17) is 4.74 Å². The summed E-state index contributed by atoms with van der Waals surface area (Å²) in [5, 5.41) is 9.96. The van der Waals surface area contributed by atoms with Crippen LogP contribution in [0, 0.1) is 0 Å². The summed E-state index contributed by atoms with van der Waals surface area (Å²) in [5.74, 6) is -0.856. The summed E-state index contributed by atoms with van der Waals surface area (Å²) in [7, 11) is 0. The Hall–Kier alpha value is -2.36. The number of ether oxygens (including phenoxy) is 1. The van der Waals surface area contributed by atoms with Crippen LogP contribution in [0.1, 0.15) is 42.1 Å². The van der Waals surface area contributed by atoms with E-state index in [2.05, 4.69) is 0 Å². The molecule has 0 saturated heterocycles. The standard InChI is InChI=1S/C18H20O4/c1-13-8-5-3-2-4-6-10-15(19)12-14-9-7-11-16(20)17(14)18(21)22-13/h3,5-7,9-11,13,20H,2,4,8,12H2,1H3/b5-3-,10-6-/t13-/m0/s1. The lowest BCUT2D eigenvalue weighted by atomic mass is 10.0. The normalized spacial score (nSPS) is 23.0. The van der Waals surface area contributed by atoms with Crippen molar-refractivity contribution in [2.75, 3.05) is 0 Å². The maximum atomic E-state index is 12.3. The molecule has 1 aromatic carbocycles. The van der Waals surface area contributed by atoms with E-state index in [1.54, 1.807) is 19.1 Å². The van der Waals surface area contributed by atoms with Crippen LogP contribution in [0.4, 0.5) is 0 Å². The third-order valence-corrected chi connectivity index (χ3v) is 3.44. The van der Waals surface area contributed by atoms with Gasteiger partial charge >= 0.3 is 5.97 Å². The molecular weight excluding hydrogens is 280 g/mol. The molecule has 22 heavy (non-hydrogen) atoms. The number of phenolic OH excluding ortho intramolecular Hbond substituents is 1. The molecule has 0 fully saturated rings. The van der Waals surface area contributed by atoms with Crippen molar-refractivity contribution < 1.29 is 19.4 Å². The van der Waals surface area contributed by atoms with Gasteiger partial charge in [-0.1, -0.05) is 30.4 Å². The molecule has 1 aromatic rings. The Morgan fingerprint density at radius 1 is 1.14 bits per heavy atom. The van der Waals surface area contributed by atoms with Crippen molar-refractivity contribution in [3.05, 3.63) is 53.6 Å². The molecule has 1 aliphatic rings. The van der Waals surface area contributed by atoms with Gasteiger partial charge in [-0.15, -0.1) is 0 Å². The Balaban J connectivity index is 2.34. The molecule has 1 heterocycles. The van der Waals surface area contributed by atoms with Crippen molar-refractivity contribution in [2.24, 2.45) is 0 Å². The lowest BCUT2D eigenvalue weighted by molar-refractivity contribution is -0.114. The van der Waals surface area contributed by atoms with E-state index in [1.807, 2.05) is 18.2 Å². The molecule has 2 rings (SSSR count). The highest BCUT2D eigenvalue weighted by molar-refractivity contribution is 5.98. The molecule has 0 amide bonds. The van der Waals surface area contributed by atoms with Crippen LogP contribution >= 0.6 is 0 Å². The van der Waals surface area contributed by atoms with Crippen LogP contribution in [-0.4, -0.2) is 23.0 Å². The molecule has 1 atom stereocenters. The van der Waals surface area contributed by atoms with Crippen molar-refractivity contribution in [3.63, 3.8) is 0 Å². The summed E-state index contributed by atoms with van der Waals surface area (Å²) in [6, 6.07) is 4.71. The van der Waals surface area contributed by atoms with Crippen molar-refractivity contribution in [1.29, 1.82) is 0 Å². The molecular formula is C18H20O4. The summed E-state index contributed by atoms with van der Waals surface area (Å²) in [6.07, 6.45) is 9.39. The molecule has 0 saturated carbocycles. The molecule has 4 nitrogen and oxygen atoms in total. The van der Waals surface area contributed by atoms with Crippen LogP contribution in [0.2, 0.25) is 0 Å². The molecule has 1 N–H and O–H groups in total. The maximum Gasteiger partial charge on any atom is 0.342 e. The predicted octanol–water partition coefficient (Wildman–Crippen LogP) is 3.35. The smallest absolute Gasteiger partial charge is 0.342 e. The van der Waals surface area contributed by atoms with Gasteiger partial charge in [0.25, 0.3) is 0 Å². The Morgan fingerprint density at radius 3 is 2.73 bits per heavy atom. The average Bonchev–Trinajstić information content (AvgIpc) is 2.45. The summed E-state index contributed by atoms with van der Waals surface area (Å²) < 4.78 is 5.36. The molecule has 0 spiro atoms. The Kier molecular flexibility index (Phi) is 5.53. The van der Waals surface area contributed by atoms with Gasteiger partial charge in [-0.05, 0) is 37.5 Å². The fourth-order valence-electron chi connectivity index (χ4n) is 2.32. The Morgan fingerprint density at radius 2 is 1.91 bits per heavy atom. The number of carbonyl (C=O) groups is 2. The van der Waals surface area contributed by atoms with Gasteiger partial charge < -0.3 is 9.84 Å². The van der Waals surface area contributed by atoms with Crippen LogP contribution in [0.15, 0.2) is 42.5 Å². The zero-order valence-corrected chi connectivity index (χ0v) is 12.6. The molecule has 0 aromatic heterocycles. The lowest BCUT2D eigenvalue weighted by Gasteiger charge is -2.14. The fraction of sp³-hybridized carbons (Fsp3) is 0.333. The minimum Gasteiger partial charge on any atom is -0.507 e.